The van der Waals surface area contributed by atoms with E-state index in [1.54, 1.807) is 18.2 Å². The maximum atomic E-state index is 6.10. The topological polar surface area (TPSA) is 51.0 Å². The van der Waals surface area contributed by atoms with Gasteiger partial charge in [0.2, 0.25) is 0 Å². The Labute approximate surface area is 115 Å². The summed E-state index contributed by atoms with van der Waals surface area (Å²) >= 11 is 12.0. The molecule has 0 radical (unpaired) electrons. The number of hydrogen-bond donors (Lipinski definition) is 1. The Morgan fingerprint density at radius 2 is 2.17 bits per heavy atom. The number of likely N-dealkylation sites (N-methyl/N-ethyl adjacent to an activating group) is 1. The molecule has 0 saturated carbocycles. The average Bonchev–Trinajstić information content (AvgIpc) is 2.80. The highest BCUT2D eigenvalue weighted by Gasteiger charge is 2.14. The van der Waals surface area contributed by atoms with Crippen LogP contribution in [-0.4, -0.2) is 23.2 Å². The van der Waals surface area contributed by atoms with Gasteiger partial charge in [-0.25, -0.2) is 0 Å². The lowest BCUT2D eigenvalue weighted by molar-refractivity contribution is 0.418. The minimum absolute atomic E-state index is 0.283. The van der Waals surface area contributed by atoms with Crippen molar-refractivity contribution < 1.29 is 4.52 Å². The van der Waals surface area contributed by atoms with Gasteiger partial charge in [-0.3, -0.25) is 0 Å². The van der Waals surface area contributed by atoms with Crippen LogP contribution < -0.4 is 5.32 Å². The molecule has 2 rings (SSSR count). The van der Waals surface area contributed by atoms with E-state index in [9.17, 15) is 0 Å². The number of halogens is 2. The van der Waals surface area contributed by atoms with E-state index in [0.717, 1.165) is 0 Å². The van der Waals surface area contributed by atoms with Crippen LogP contribution in [0.5, 0.6) is 0 Å². The molecule has 0 aliphatic heterocycles. The van der Waals surface area contributed by atoms with Gasteiger partial charge >= 0.3 is 0 Å². The van der Waals surface area contributed by atoms with Gasteiger partial charge in [-0.2, -0.15) is 4.98 Å². The van der Waals surface area contributed by atoms with E-state index in [4.69, 9.17) is 27.7 Å². The standard InChI is InChI=1S/C12H13Cl2N3O/c1-7(15-2)6-10-16-12(18-17-10)8-4-3-5-9(13)11(8)14/h3-5,7,15H,6H2,1-2H3. The molecule has 0 aliphatic rings. The van der Waals surface area contributed by atoms with E-state index in [-0.39, 0.29) is 6.04 Å². The zero-order chi connectivity index (χ0) is 13.1. The van der Waals surface area contributed by atoms with E-state index in [2.05, 4.69) is 15.5 Å². The Hall–Kier alpha value is -1.10. The fraction of sp³-hybridized carbons (Fsp3) is 0.333. The first-order valence-electron chi connectivity index (χ1n) is 5.56. The Morgan fingerprint density at radius 1 is 1.39 bits per heavy atom. The van der Waals surface area contributed by atoms with Gasteiger partial charge in [0.1, 0.15) is 0 Å². The monoisotopic (exact) mass is 285 g/mol. The average molecular weight is 286 g/mol. The summed E-state index contributed by atoms with van der Waals surface area (Å²) in [5.41, 5.74) is 0.653. The quantitative estimate of drug-likeness (QED) is 0.937. The molecule has 1 N–H and O–H groups in total. The molecule has 1 aromatic carbocycles. The van der Waals surface area contributed by atoms with Crippen LogP contribution in [-0.2, 0) is 6.42 Å². The maximum Gasteiger partial charge on any atom is 0.259 e. The molecule has 1 heterocycles. The summed E-state index contributed by atoms with van der Waals surface area (Å²) in [6.45, 7) is 2.04. The van der Waals surface area contributed by atoms with Crippen molar-refractivity contribution in [3.05, 3.63) is 34.1 Å². The van der Waals surface area contributed by atoms with E-state index < -0.39 is 0 Å². The predicted molar refractivity (Wildman–Crippen MR) is 72.0 cm³/mol. The lowest BCUT2D eigenvalue weighted by Gasteiger charge is -2.04. The molecule has 0 fully saturated rings. The second-order valence-corrected chi connectivity index (χ2v) is 4.80. The van der Waals surface area contributed by atoms with Crippen molar-refractivity contribution in [2.75, 3.05) is 7.05 Å². The predicted octanol–water partition coefficient (Wildman–Crippen LogP) is 3.19. The molecular formula is C12H13Cl2N3O. The van der Waals surface area contributed by atoms with E-state index in [1.165, 1.54) is 0 Å². The second-order valence-electron chi connectivity index (χ2n) is 4.01. The molecule has 1 aromatic heterocycles. The van der Waals surface area contributed by atoms with Crippen LogP contribution in [0.15, 0.2) is 22.7 Å². The lowest BCUT2D eigenvalue weighted by Crippen LogP contribution is -2.24. The van der Waals surface area contributed by atoms with Crippen LogP contribution >= 0.6 is 23.2 Å². The summed E-state index contributed by atoms with van der Waals surface area (Å²) in [7, 11) is 1.89. The van der Waals surface area contributed by atoms with E-state index in [0.29, 0.717) is 33.7 Å². The van der Waals surface area contributed by atoms with Gasteiger partial charge in [0, 0.05) is 12.5 Å². The molecule has 1 atom stereocenters. The smallest absolute Gasteiger partial charge is 0.259 e. The summed E-state index contributed by atoms with van der Waals surface area (Å²) in [6, 6.07) is 5.59. The highest BCUT2D eigenvalue weighted by Crippen LogP contribution is 2.32. The van der Waals surface area contributed by atoms with E-state index >= 15 is 0 Å². The van der Waals surface area contributed by atoms with Gasteiger partial charge in [0.05, 0.1) is 15.6 Å². The molecule has 18 heavy (non-hydrogen) atoms. The number of nitrogens with zero attached hydrogens (tertiary/aromatic N) is 2. The summed E-state index contributed by atoms with van der Waals surface area (Å²) in [5, 5.41) is 7.93. The first-order valence-corrected chi connectivity index (χ1v) is 6.31. The van der Waals surface area contributed by atoms with Crippen LogP contribution in [0.4, 0.5) is 0 Å². The number of hydrogen-bond acceptors (Lipinski definition) is 4. The third-order valence-corrected chi connectivity index (χ3v) is 3.45. The van der Waals surface area contributed by atoms with Crippen molar-refractivity contribution in [3.63, 3.8) is 0 Å². The minimum atomic E-state index is 0.283. The third kappa shape index (κ3) is 2.83. The van der Waals surface area contributed by atoms with Crippen molar-refractivity contribution in [1.82, 2.24) is 15.5 Å². The van der Waals surface area contributed by atoms with Crippen LogP contribution in [0.2, 0.25) is 10.0 Å². The van der Waals surface area contributed by atoms with Crippen LogP contribution in [0.3, 0.4) is 0 Å². The Morgan fingerprint density at radius 3 is 2.89 bits per heavy atom. The molecule has 6 heteroatoms. The fourth-order valence-corrected chi connectivity index (χ4v) is 1.87. The van der Waals surface area contributed by atoms with Crippen molar-refractivity contribution in [1.29, 1.82) is 0 Å². The summed E-state index contributed by atoms with van der Waals surface area (Å²) in [5.74, 6) is 1.03. The van der Waals surface area contributed by atoms with Gasteiger partial charge in [0.15, 0.2) is 5.82 Å². The summed E-state index contributed by atoms with van der Waals surface area (Å²) in [6.07, 6.45) is 0.693. The van der Waals surface area contributed by atoms with Crippen LogP contribution in [0.1, 0.15) is 12.7 Å². The summed E-state index contributed by atoms with van der Waals surface area (Å²) in [4.78, 5) is 4.31. The Kier molecular flexibility index (Phi) is 4.22. The first-order chi connectivity index (χ1) is 8.61. The van der Waals surface area contributed by atoms with Crippen molar-refractivity contribution >= 4 is 23.2 Å². The maximum absolute atomic E-state index is 6.10. The van der Waals surface area contributed by atoms with Gasteiger partial charge in [-0.05, 0) is 26.1 Å². The van der Waals surface area contributed by atoms with Gasteiger partial charge in [-0.15, -0.1) is 0 Å². The van der Waals surface area contributed by atoms with Crippen molar-refractivity contribution in [2.45, 2.75) is 19.4 Å². The SMILES string of the molecule is CNC(C)Cc1noc(-c2cccc(Cl)c2Cl)n1. The molecule has 96 valence electrons. The molecule has 4 nitrogen and oxygen atoms in total. The molecule has 0 amide bonds. The normalized spacial score (nSPS) is 12.7. The van der Waals surface area contributed by atoms with Crippen LogP contribution in [0.25, 0.3) is 11.5 Å². The summed E-state index contributed by atoms with van der Waals surface area (Å²) < 4.78 is 5.20. The molecule has 0 bridgehead atoms. The highest BCUT2D eigenvalue weighted by atomic mass is 35.5. The molecular weight excluding hydrogens is 273 g/mol. The number of rotatable bonds is 4. The first kappa shape index (κ1) is 13.3. The highest BCUT2D eigenvalue weighted by molar-refractivity contribution is 6.43. The number of aromatic nitrogens is 2. The molecule has 0 saturated heterocycles. The van der Waals surface area contributed by atoms with Crippen LogP contribution in [0, 0.1) is 0 Å². The second kappa shape index (κ2) is 5.69. The molecule has 0 spiro atoms. The fourth-order valence-electron chi connectivity index (χ4n) is 1.49. The lowest BCUT2D eigenvalue weighted by atomic mass is 10.2. The Bertz CT molecular complexity index is 542. The van der Waals surface area contributed by atoms with Gasteiger partial charge in [-0.1, -0.05) is 34.4 Å². The molecule has 0 aliphatic carbocycles. The number of nitrogens with one attached hydrogen (secondary N) is 1. The van der Waals surface area contributed by atoms with Gasteiger partial charge < -0.3 is 9.84 Å². The minimum Gasteiger partial charge on any atom is -0.334 e. The van der Waals surface area contributed by atoms with Crippen molar-refractivity contribution in [3.8, 4) is 11.5 Å². The zero-order valence-corrected chi connectivity index (χ0v) is 11.6. The van der Waals surface area contributed by atoms with Crippen molar-refractivity contribution in [2.24, 2.45) is 0 Å². The molecule has 1 unspecified atom stereocenters. The Balaban J connectivity index is 2.27. The largest absolute Gasteiger partial charge is 0.334 e. The van der Waals surface area contributed by atoms with Gasteiger partial charge in [0.25, 0.3) is 5.89 Å². The molecule has 2 aromatic rings. The zero-order valence-electron chi connectivity index (χ0n) is 10.1. The number of benzene rings is 1. The third-order valence-electron chi connectivity index (χ3n) is 2.63. The van der Waals surface area contributed by atoms with E-state index in [1.807, 2.05) is 14.0 Å².